The van der Waals surface area contributed by atoms with Crippen LogP contribution in [0.3, 0.4) is 0 Å². The molecule has 1 aliphatic carbocycles. The lowest BCUT2D eigenvalue weighted by molar-refractivity contribution is 0.664. The number of aryl methyl sites for hydroxylation is 2. The van der Waals surface area contributed by atoms with Crippen LogP contribution in [0.4, 0.5) is 5.82 Å². The van der Waals surface area contributed by atoms with Crippen LogP contribution >= 0.6 is 0 Å². The van der Waals surface area contributed by atoms with Gasteiger partial charge in [-0.25, -0.2) is 15.0 Å². The number of nitrogens with zero attached hydrogens (tertiary/aromatic N) is 3. The maximum Gasteiger partial charge on any atom is 0.180 e. The predicted molar refractivity (Wildman–Crippen MR) is 80.8 cm³/mol. The highest BCUT2D eigenvalue weighted by molar-refractivity contribution is 5.57. The van der Waals surface area contributed by atoms with Crippen LogP contribution in [0.15, 0.2) is 18.2 Å². The maximum atomic E-state index is 4.75. The van der Waals surface area contributed by atoms with E-state index in [2.05, 4.69) is 17.2 Å². The van der Waals surface area contributed by atoms with Gasteiger partial charge in [0.15, 0.2) is 5.82 Å². The summed E-state index contributed by atoms with van der Waals surface area (Å²) in [6.45, 7) is 4.97. The fraction of sp³-hybridized carbons (Fsp3) is 0.438. The fourth-order valence-corrected chi connectivity index (χ4v) is 2.69. The monoisotopic (exact) mass is 268 g/mol. The van der Waals surface area contributed by atoms with Crippen LogP contribution in [0.1, 0.15) is 36.7 Å². The van der Waals surface area contributed by atoms with Gasteiger partial charge in [0.05, 0.1) is 0 Å². The van der Waals surface area contributed by atoms with E-state index in [0.717, 1.165) is 42.4 Å². The topological polar surface area (TPSA) is 50.7 Å². The average Bonchev–Trinajstić information content (AvgIpc) is 2.47. The van der Waals surface area contributed by atoms with Gasteiger partial charge in [0.1, 0.15) is 11.5 Å². The van der Waals surface area contributed by atoms with Gasteiger partial charge in [0, 0.05) is 23.5 Å². The van der Waals surface area contributed by atoms with Crippen molar-refractivity contribution in [3.05, 3.63) is 35.2 Å². The van der Waals surface area contributed by atoms with Gasteiger partial charge in [-0.2, -0.15) is 0 Å². The summed E-state index contributed by atoms with van der Waals surface area (Å²) in [6.07, 6.45) is 4.58. The minimum atomic E-state index is 0.741. The summed E-state index contributed by atoms with van der Waals surface area (Å²) in [4.78, 5) is 14.0. The molecule has 0 radical (unpaired) electrons. The second kappa shape index (κ2) is 5.57. The van der Waals surface area contributed by atoms with Crippen LogP contribution in [0.25, 0.3) is 11.5 Å². The summed E-state index contributed by atoms with van der Waals surface area (Å²) in [5.41, 5.74) is 4.35. The fourth-order valence-electron chi connectivity index (χ4n) is 2.69. The lowest BCUT2D eigenvalue weighted by Gasteiger charge is -2.19. The Bertz CT molecular complexity index is 622. The number of fused-ring (bicyclic) bond motifs is 1. The molecule has 1 aliphatic rings. The van der Waals surface area contributed by atoms with E-state index in [-0.39, 0.29) is 0 Å². The second-order valence-electron chi connectivity index (χ2n) is 5.22. The molecule has 0 atom stereocenters. The van der Waals surface area contributed by atoms with Crippen molar-refractivity contribution in [2.75, 3.05) is 11.9 Å². The highest BCUT2D eigenvalue weighted by Crippen LogP contribution is 2.27. The lowest BCUT2D eigenvalue weighted by Crippen LogP contribution is -2.13. The number of hydrogen-bond donors (Lipinski definition) is 1. The van der Waals surface area contributed by atoms with E-state index >= 15 is 0 Å². The predicted octanol–water partition coefficient (Wildman–Crippen LogP) is 3.16. The van der Waals surface area contributed by atoms with E-state index < -0.39 is 0 Å². The summed E-state index contributed by atoms with van der Waals surface area (Å²) >= 11 is 0. The Morgan fingerprint density at radius 3 is 2.75 bits per heavy atom. The first-order valence-electron chi connectivity index (χ1n) is 7.35. The van der Waals surface area contributed by atoms with Crippen molar-refractivity contribution in [2.45, 2.75) is 39.5 Å². The Hall–Kier alpha value is -1.97. The standard InChI is InChI=1S/C16H20N4/c1-3-17-15-12-8-4-5-9-13(12)19-16(20-15)14-10-6-7-11(2)18-14/h6-7,10H,3-5,8-9H2,1-2H3,(H,17,19,20). The van der Waals surface area contributed by atoms with Crippen LogP contribution < -0.4 is 5.32 Å². The molecule has 0 bridgehead atoms. The van der Waals surface area contributed by atoms with Gasteiger partial charge in [0.2, 0.25) is 0 Å². The van der Waals surface area contributed by atoms with E-state index in [0.29, 0.717) is 0 Å². The number of pyridine rings is 1. The molecule has 0 spiro atoms. The van der Waals surface area contributed by atoms with Gasteiger partial charge in [-0.3, -0.25) is 0 Å². The van der Waals surface area contributed by atoms with Crippen LogP contribution in [0, 0.1) is 6.92 Å². The van der Waals surface area contributed by atoms with E-state index in [1.54, 1.807) is 0 Å². The minimum absolute atomic E-state index is 0.741. The molecular weight excluding hydrogens is 248 g/mol. The smallest absolute Gasteiger partial charge is 0.180 e. The van der Waals surface area contributed by atoms with Crippen molar-refractivity contribution < 1.29 is 0 Å². The molecule has 20 heavy (non-hydrogen) atoms. The molecule has 0 saturated heterocycles. The van der Waals surface area contributed by atoms with E-state index in [1.165, 1.54) is 24.1 Å². The summed E-state index contributed by atoms with van der Waals surface area (Å²) in [7, 11) is 0. The number of rotatable bonds is 3. The molecule has 104 valence electrons. The molecule has 1 N–H and O–H groups in total. The Morgan fingerprint density at radius 2 is 1.95 bits per heavy atom. The number of nitrogens with one attached hydrogen (secondary N) is 1. The van der Waals surface area contributed by atoms with Gasteiger partial charge >= 0.3 is 0 Å². The summed E-state index contributed by atoms with van der Waals surface area (Å²) in [5, 5.41) is 3.38. The molecule has 0 unspecified atom stereocenters. The van der Waals surface area contributed by atoms with Crippen LogP contribution in [0.2, 0.25) is 0 Å². The molecule has 2 aromatic heterocycles. The van der Waals surface area contributed by atoms with Crippen molar-refractivity contribution in [3.63, 3.8) is 0 Å². The first-order chi connectivity index (χ1) is 9.78. The Balaban J connectivity index is 2.10. The molecule has 0 aromatic carbocycles. The van der Waals surface area contributed by atoms with Crippen molar-refractivity contribution in [3.8, 4) is 11.5 Å². The average molecular weight is 268 g/mol. The van der Waals surface area contributed by atoms with E-state index in [9.17, 15) is 0 Å². The molecule has 0 fully saturated rings. The van der Waals surface area contributed by atoms with E-state index in [4.69, 9.17) is 9.97 Å². The highest BCUT2D eigenvalue weighted by atomic mass is 15.0. The molecule has 4 nitrogen and oxygen atoms in total. The van der Waals surface area contributed by atoms with Gasteiger partial charge in [-0.1, -0.05) is 6.07 Å². The SMILES string of the molecule is CCNc1nc(-c2cccc(C)n2)nc2c1CCCC2. The lowest BCUT2D eigenvalue weighted by atomic mass is 9.96. The van der Waals surface area contributed by atoms with Crippen molar-refractivity contribution >= 4 is 5.82 Å². The zero-order valence-corrected chi connectivity index (χ0v) is 12.1. The molecule has 3 rings (SSSR count). The van der Waals surface area contributed by atoms with Crippen molar-refractivity contribution in [1.82, 2.24) is 15.0 Å². The van der Waals surface area contributed by atoms with Crippen molar-refractivity contribution in [2.24, 2.45) is 0 Å². The third-order valence-electron chi connectivity index (χ3n) is 3.64. The summed E-state index contributed by atoms with van der Waals surface area (Å²) in [5.74, 6) is 1.74. The molecule has 0 aliphatic heterocycles. The minimum Gasteiger partial charge on any atom is -0.370 e. The third kappa shape index (κ3) is 2.50. The Labute approximate surface area is 119 Å². The Morgan fingerprint density at radius 1 is 1.10 bits per heavy atom. The highest BCUT2D eigenvalue weighted by Gasteiger charge is 2.18. The molecule has 0 amide bonds. The molecule has 0 saturated carbocycles. The van der Waals surface area contributed by atoms with Gasteiger partial charge in [0.25, 0.3) is 0 Å². The van der Waals surface area contributed by atoms with Crippen molar-refractivity contribution in [1.29, 1.82) is 0 Å². The molecule has 2 aromatic rings. The van der Waals surface area contributed by atoms with Gasteiger partial charge in [-0.05, 0) is 51.7 Å². The largest absolute Gasteiger partial charge is 0.370 e. The van der Waals surface area contributed by atoms with Gasteiger partial charge < -0.3 is 5.32 Å². The zero-order valence-electron chi connectivity index (χ0n) is 12.1. The number of anilines is 1. The first kappa shape index (κ1) is 13.0. The molecular formula is C16H20N4. The van der Waals surface area contributed by atoms with Crippen LogP contribution in [0.5, 0.6) is 0 Å². The van der Waals surface area contributed by atoms with Gasteiger partial charge in [-0.15, -0.1) is 0 Å². The normalized spacial score (nSPS) is 13.9. The second-order valence-corrected chi connectivity index (χ2v) is 5.22. The number of aromatic nitrogens is 3. The summed E-state index contributed by atoms with van der Waals surface area (Å²) < 4.78 is 0. The maximum absolute atomic E-state index is 4.75. The molecule has 2 heterocycles. The third-order valence-corrected chi connectivity index (χ3v) is 3.64. The Kier molecular flexibility index (Phi) is 3.63. The number of hydrogen-bond acceptors (Lipinski definition) is 4. The quantitative estimate of drug-likeness (QED) is 0.929. The summed E-state index contributed by atoms with van der Waals surface area (Å²) in [6, 6.07) is 5.98. The molecule has 4 heteroatoms. The van der Waals surface area contributed by atoms with Crippen LogP contribution in [-0.4, -0.2) is 21.5 Å². The first-order valence-corrected chi connectivity index (χ1v) is 7.35. The van der Waals surface area contributed by atoms with E-state index in [1.807, 2.05) is 25.1 Å². The van der Waals surface area contributed by atoms with Crippen LogP contribution in [-0.2, 0) is 12.8 Å². The zero-order chi connectivity index (χ0) is 13.9.